The number of likely N-dealkylation sites (N-methyl/N-ethyl adjacent to an activating group) is 1. The smallest absolute Gasteiger partial charge is 0.244 e. The lowest BCUT2D eigenvalue weighted by atomic mass is 9.87. The molecule has 1 aliphatic carbocycles. The van der Waals surface area contributed by atoms with Gasteiger partial charge in [0.15, 0.2) is 0 Å². The van der Waals surface area contributed by atoms with Crippen molar-refractivity contribution >= 4 is 17.8 Å². The van der Waals surface area contributed by atoms with Crippen LogP contribution in [0.5, 0.6) is 5.88 Å². The zero-order valence-corrected chi connectivity index (χ0v) is 21.0. The van der Waals surface area contributed by atoms with E-state index in [4.69, 9.17) is 30.9 Å². The molecule has 5 rings (SSSR count). The number of hydrogen-bond donors (Lipinski definition) is 2. The van der Waals surface area contributed by atoms with Crippen molar-refractivity contribution in [2.24, 2.45) is 5.73 Å². The fraction of sp³-hybridized carbons (Fsp3) is 0.423. The van der Waals surface area contributed by atoms with E-state index in [9.17, 15) is 4.79 Å². The molecule has 37 heavy (non-hydrogen) atoms. The second-order valence-electron chi connectivity index (χ2n) is 9.54. The van der Waals surface area contributed by atoms with Gasteiger partial charge in [-0.3, -0.25) is 4.79 Å². The quantitative estimate of drug-likeness (QED) is 0.488. The summed E-state index contributed by atoms with van der Waals surface area (Å²) in [4.78, 5) is 34.4. The summed E-state index contributed by atoms with van der Waals surface area (Å²) in [5, 5.41) is 0. The van der Waals surface area contributed by atoms with Gasteiger partial charge in [0.2, 0.25) is 23.7 Å². The molecule has 0 spiro atoms. The van der Waals surface area contributed by atoms with Crippen LogP contribution in [-0.4, -0.2) is 75.7 Å². The highest BCUT2D eigenvalue weighted by Crippen LogP contribution is 2.32. The zero-order chi connectivity index (χ0) is 25.9. The summed E-state index contributed by atoms with van der Waals surface area (Å²) in [6.45, 7) is 3.97. The molecule has 2 atom stereocenters. The van der Waals surface area contributed by atoms with E-state index in [2.05, 4.69) is 21.8 Å². The van der Waals surface area contributed by atoms with Gasteiger partial charge in [0.25, 0.3) is 0 Å². The summed E-state index contributed by atoms with van der Waals surface area (Å²) in [6, 6.07) is 10.7. The lowest BCUT2D eigenvalue weighted by Crippen LogP contribution is -2.52. The number of hydrogen-bond acceptors (Lipinski definition) is 10. The van der Waals surface area contributed by atoms with E-state index in [0.717, 1.165) is 11.1 Å². The van der Waals surface area contributed by atoms with Crippen molar-refractivity contribution in [2.45, 2.75) is 44.0 Å². The lowest BCUT2D eigenvalue weighted by Gasteiger charge is -2.41. The Morgan fingerprint density at radius 1 is 1.19 bits per heavy atom. The van der Waals surface area contributed by atoms with Gasteiger partial charge in [-0.15, -0.1) is 0 Å². The van der Waals surface area contributed by atoms with Crippen LogP contribution in [0.2, 0.25) is 0 Å². The molecule has 11 heteroatoms. The predicted molar refractivity (Wildman–Crippen MR) is 139 cm³/mol. The van der Waals surface area contributed by atoms with Gasteiger partial charge in [-0.05, 0) is 12.5 Å². The average Bonchev–Trinajstić information content (AvgIpc) is 2.90. The average molecular weight is 505 g/mol. The first-order chi connectivity index (χ1) is 17.9. The van der Waals surface area contributed by atoms with Crippen molar-refractivity contribution < 1.29 is 14.3 Å². The largest absolute Gasteiger partial charge is 0.474 e. The maximum absolute atomic E-state index is 12.9. The molecular formula is C26H32N8O3. The number of morpholine rings is 1. The Hall–Kier alpha value is -3.83. The third-order valence-corrected chi connectivity index (χ3v) is 6.96. The second kappa shape index (κ2) is 10.7. The molecule has 194 valence electrons. The molecule has 2 aromatic heterocycles. The van der Waals surface area contributed by atoms with Gasteiger partial charge in [-0.2, -0.15) is 4.98 Å². The summed E-state index contributed by atoms with van der Waals surface area (Å²) < 4.78 is 11.8. The fourth-order valence-electron chi connectivity index (χ4n) is 4.57. The van der Waals surface area contributed by atoms with Crippen LogP contribution in [0.15, 0.2) is 48.8 Å². The van der Waals surface area contributed by atoms with Crippen molar-refractivity contribution in [3.8, 4) is 17.1 Å². The van der Waals surface area contributed by atoms with Crippen LogP contribution in [-0.2, 0) is 9.53 Å². The number of nitrogens with two attached hydrogens (primary N) is 2. The minimum atomic E-state index is -0.684. The topological polar surface area (TPSA) is 146 Å². The van der Waals surface area contributed by atoms with Crippen LogP contribution in [0.1, 0.15) is 31.4 Å². The third kappa shape index (κ3) is 5.47. The molecular weight excluding hydrogens is 472 g/mol. The first-order valence-electron chi connectivity index (χ1n) is 12.4. The number of amides is 1. The van der Waals surface area contributed by atoms with E-state index >= 15 is 0 Å². The number of aromatic nitrogens is 4. The van der Waals surface area contributed by atoms with Crippen LogP contribution in [0.3, 0.4) is 0 Å². The zero-order valence-electron chi connectivity index (χ0n) is 21.0. The molecule has 3 aromatic rings. The Bertz CT molecular complexity index is 1220. The molecule has 3 heterocycles. The van der Waals surface area contributed by atoms with Crippen molar-refractivity contribution in [2.75, 3.05) is 37.4 Å². The Morgan fingerprint density at radius 2 is 1.92 bits per heavy atom. The standard InChI is InChI=1S/C26H32N8O3/c1-16-15-36-9-8-34(16)26-31-21(18-13-29-25(28)30-14-18)12-22(32-26)37-20-10-19(11-20)33(2)24(35)23(27)17-6-4-3-5-7-17/h3-7,12-14,16,19-20,23H,8-11,15,27H2,1-2H3,(H2,28,29,30)/t16-,19?,20?,23+/m0/s1. The summed E-state index contributed by atoms with van der Waals surface area (Å²) in [6.07, 6.45) is 4.58. The summed E-state index contributed by atoms with van der Waals surface area (Å²) in [7, 11) is 1.80. The van der Waals surface area contributed by atoms with E-state index in [-0.39, 0.29) is 30.0 Å². The van der Waals surface area contributed by atoms with Gasteiger partial charge in [0, 0.05) is 56.5 Å². The molecule has 1 aromatic carbocycles. The second-order valence-corrected chi connectivity index (χ2v) is 9.54. The van der Waals surface area contributed by atoms with Crippen molar-refractivity contribution in [3.63, 3.8) is 0 Å². The molecule has 2 aliphatic rings. The number of nitrogen functional groups attached to an aromatic ring is 1. The SMILES string of the molecule is C[C@H]1COCCN1c1nc(OC2CC(N(C)C(=O)[C@H](N)c3ccccc3)C2)cc(-c2cnc(N)nc2)n1. The number of nitrogens with zero attached hydrogens (tertiary/aromatic N) is 6. The van der Waals surface area contributed by atoms with Gasteiger partial charge in [0.1, 0.15) is 12.1 Å². The van der Waals surface area contributed by atoms with E-state index in [1.807, 2.05) is 30.3 Å². The third-order valence-electron chi connectivity index (χ3n) is 6.96. The van der Waals surface area contributed by atoms with Crippen LogP contribution >= 0.6 is 0 Å². The highest BCUT2D eigenvalue weighted by molar-refractivity contribution is 5.83. The highest BCUT2D eigenvalue weighted by Gasteiger charge is 2.37. The Balaban J connectivity index is 1.29. The Kier molecular flexibility index (Phi) is 7.15. The van der Waals surface area contributed by atoms with Gasteiger partial charge in [-0.1, -0.05) is 30.3 Å². The monoisotopic (exact) mass is 504 g/mol. The summed E-state index contributed by atoms with van der Waals surface area (Å²) in [5.41, 5.74) is 14.1. The maximum Gasteiger partial charge on any atom is 0.244 e. The number of carbonyl (C=O) groups excluding carboxylic acids is 1. The molecule has 4 N–H and O–H groups in total. The molecule has 0 bridgehead atoms. The Morgan fingerprint density at radius 3 is 2.62 bits per heavy atom. The van der Waals surface area contributed by atoms with Crippen molar-refractivity contribution in [3.05, 3.63) is 54.4 Å². The number of rotatable bonds is 7. The molecule has 11 nitrogen and oxygen atoms in total. The van der Waals surface area contributed by atoms with Gasteiger partial charge in [0.05, 0.1) is 24.9 Å². The predicted octanol–water partition coefficient (Wildman–Crippen LogP) is 1.81. The van der Waals surface area contributed by atoms with E-state index in [1.54, 1.807) is 30.4 Å². The first kappa shape index (κ1) is 24.8. The Labute approximate surface area is 215 Å². The molecule has 0 radical (unpaired) electrons. The molecule has 1 aliphatic heterocycles. The highest BCUT2D eigenvalue weighted by atomic mass is 16.5. The number of benzene rings is 1. The minimum Gasteiger partial charge on any atom is -0.474 e. The normalized spacial score (nSPS) is 22.1. The van der Waals surface area contributed by atoms with Gasteiger partial charge < -0.3 is 30.7 Å². The minimum absolute atomic E-state index is 0.0535. The van der Waals surface area contributed by atoms with Gasteiger partial charge >= 0.3 is 0 Å². The van der Waals surface area contributed by atoms with Crippen LogP contribution < -0.4 is 21.1 Å². The van der Waals surface area contributed by atoms with Crippen molar-refractivity contribution in [1.82, 2.24) is 24.8 Å². The fourth-order valence-corrected chi connectivity index (χ4v) is 4.57. The van der Waals surface area contributed by atoms with Crippen LogP contribution in [0.4, 0.5) is 11.9 Å². The number of ether oxygens (including phenoxy) is 2. The van der Waals surface area contributed by atoms with E-state index in [0.29, 0.717) is 50.1 Å². The van der Waals surface area contributed by atoms with E-state index in [1.165, 1.54) is 0 Å². The molecule has 0 unspecified atom stereocenters. The number of carbonyl (C=O) groups is 1. The maximum atomic E-state index is 12.9. The van der Waals surface area contributed by atoms with Crippen LogP contribution in [0.25, 0.3) is 11.3 Å². The van der Waals surface area contributed by atoms with Crippen LogP contribution in [0, 0.1) is 0 Å². The molecule has 1 amide bonds. The van der Waals surface area contributed by atoms with Crippen molar-refractivity contribution in [1.29, 1.82) is 0 Å². The number of anilines is 2. The first-order valence-corrected chi connectivity index (χ1v) is 12.4. The summed E-state index contributed by atoms with van der Waals surface area (Å²) >= 11 is 0. The van der Waals surface area contributed by atoms with Gasteiger partial charge in [-0.25, -0.2) is 15.0 Å². The molecule has 2 fully saturated rings. The molecule has 1 saturated carbocycles. The summed E-state index contributed by atoms with van der Waals surface area (Å²) in [5.74, 6) is 1.12. The molecule has 1 saturated heterocycles. The lowest BCUT2D eigenvalue weighted by molar-refractivity contribution is -0.137. The van der Waals surface area contributed by atoms with E-state index < -0.39 is 6.04 Å².